The summed E-state index contributed by atoms with van der Waals surface area (Å²) < 4.78 is 5.64. The zero-order valence-corrected chi connectivity index (χ0v) is 17.5. The molecule has 1 aliphatic heterocycles. The summed E-state index contributed by atoms with van der Waals surface area (Å²) in [6.07, 6.45) is 6.08. The van der Waals surface area contributed by atoms with Gasteiger partial charge in [-0.15, -0.1) is 0 Å². The predicted molar refractivity (Wildman–Crippen MR) is 115 cm³/mol. The molecule has 0 aromatic carbocycles. The molecule has 5 rings (SSSR count). The second-order valence-corrected chi connectivity index (χ2v) is 7.56. The van der Waals surface area contributed by atoms with Crippen LogP contribution in [0, 0.1) is 0 Å². The lowest BCUT2D eigenvalue weighted by molar-refractivity contribution is 0.362. The van der Waals surface area contributed by atoms with Crippen LogP contribution in [0.1, 0.15) is 37.3 Å². The van der Waals surface area contributed by atoms with Gasteiger partial charge in [0.15, 0.2) is 23.1 Å². The minimum absolute atomic E-state index is 0.0478. The summed E-state index contributed by atoms with van der Waals surface area (Å²) in [5.41, 5.74) is 1.63. The first-order valence-corrected chi connectivity index (χ1v) is 10.4. The molecule has 0 saturated carbocycles. The Labute approximate surface area is 183 Å². The van der Waals surface area contributed by atoms with Gasteiger partial charge in [-0.25, -0.2) is 15.0 Å². The fourth-order valence-corrected chi connectivity index (χ4v) is 3.80. The van der Waals surface area contributed by atoms with Gasteiger partial charge in [0.1, 0.15) is 11.0 Å². The molecule has 0 bridgehead atoms. The van der Waals surface area contributed by atoms with Crippen LogP contribution in [0.25, 0.3) is 11.5 Å². The first-order chi connectivity index (χ1) is 15.2. The van der Waals surface area contributed by atoms with Crippen molar-refractivity contribution >= 4 is 29.2 Å². The number of hydrogen-bond acceptors (Lipinski definition) is 9. The van der Waals surface area contributed by atoms with Crippen molar-refractivity contribution < 1.29 is 4.52 Å². The molecule has 0 amide bonds. The van der Waals surface area contributed by atoms with Gasteiger partial charge in [0.2, 0.25) is 5.95 Å². The Kier molecular flexibility index (Phi) is 5.21. The molecule has 1 aliphatic rings. The summed E-state index contributed by atoms with van der Waals surface area (Å²) in [5.74, 6) is 3.03. The fraction of sp³-hybridized carbons (Fsp3) is 0.300. The van der Waals surface area contributed by atoms with Crippen molar-refractivity contribution in [3.05, 3.63) is 53.3 Å². The number of aryl methyl sites for hydroxylation is 1. The molecule has 5 heterocycles. The third-order valence-electron chi connectivity index (χ3n) is 5.11. The van der Waals surface area contributed by atoms with Crippen LogP contribution in [-0.4, -0.2) is 41.8 Å². The molecule has 1 atom stereocenters. The molecule has 0 aliphatic carbocycles. The van der Waals surface area contributed by atoms with Crippen molar-refractivity contribution in [3.63, 3.8) is 0 Å². The lowest BCUT2D eigenvalue weighted by atomic mass is 10.1. The van der Waals surface area contributed by atoms with E-state index in [1.54, 1.807) is 24.5 Å². The van der Waals surface area contributed by atoms with E-state index in [1.807, 2.05) is 12.1 Å². The Balaban J connectivity index is 1.40. The Morgan fingerprint density at radius 2 is 2.06 bits per heavy atom. The smallest absolute Gasteiger partial charge is 0.229 e. The Morgan fingerprint density at radius 1 is 1.19 bits per heavy atom. The summed E-state index contributed by atoms with van der Waals surface area (Å²) in [7, 11) is 0. The highest BCUT2D eigenvalue weighted by atomic mass is 35.5. The number of rotatable bonds is 6. The molecule has 4 aromatic heterocycles. The molecule has 4 aromatic rings. The summed E-state index contributed by atoms with van der Waals surface area (Å²) >= 11 is 6.31. The zero-order valence-electron chi connectivity index (χ0n) is 16.8. The average Bonchev–Trinajstić information content (AvgIpc) is 3.54. The number of aromatic amines is 1. The summed E-state index contributed by atoms with van der Waals surface area (Å²) in [5, 5.41) is 14.9. The van der Waals surface area contributed by atoms with Crippen LogP contribution >= 0.6 is 11.6 Å². The molecule has 2 N–H and O–H groups in total. The van der Waals surface area contributed by atoms with Crippen LogP contribution in [0.15, 0.2) is 41.2 Å². The van der Waals surface area contributed by atoms with Gasteiger partial charge in [-0.2, -0.15) is 10.1 Å². The van der Waals surface area contributed by atoms with Crippen LogP contribution in [0.4, 0.5) is 17.6 Å². The molecule has 1 saturated heterocycles. The van der Waals surface area contributed by atoms with E-state index in [9.17, 15) is 0 Å². The van der Waals surface area contributed by atoms with Gasteiger partial charge in [0.25, 0.3) is 0 Å². The maximum Gasteiger partial charge on any atom is 0.229 e. The largest absolute Gasteiger partial charge is 0.358 e. The zero-order chi connectivity index (χ0) is 21.2. The highest BCUT2D eigenvalue weighted by Crippen LogP contribution is 2.36. The molecule has 158 valence electrons. The van der Waals surface area contributed by atoms with E-state index in [0.29, 0.717) is 34.3 Å². The second-order valence-electron chi connectivity index (χ2n) is 7.17. The molecule has 31 heavy (non-hydrogen) atoms. The molecule has 0 spiro atoms. The van der Waals surface area contributed by atoms with Gasteiger partial charge in [0, 0.05) is 42.8 Å². The standard InChI is InChI=1S/C20H20ClN9O/c1-2-12-9-18(28-27-12)25-17-11-16(21)24-20(26-17)30-8-3-5-14(30)15-10-13(29-31-15)19-22-6-4-7-23-19/h4,6-7,9-11,14H,2-3,5,8H2,1H3,(H2,24,25,26,27,28). The number of nitrogens with one attached hydrogen (secondary N) is 2. The maximum absolute atomic E-state index is 6.31. The number of halogens is 1. The average molecular weight is 438 g/mol. The van der Waals surface area contributed by atoms with Crippen molar-refractivity contribution in [3.8, 4) is 11.5 Å². The molecule has 11 heteroatoms. The van der Waals surface area contributed by atoms with E-state index in [4.69, 9.17) is 16.1 Å². The topological polar surface area (TPSA) is 122 Å². The van der Waals surface area contributed by atoms with Crippen LogP contribution in [-0.2, 0) is 6.42 Å². The van der Waals surface area contributed by atoms with E-state index >= 15 is 0 Å². The first kappa shape index (κ1) is 19.4. The molecular formula is C20H20ClN9O. The Hall–Kier alpha value is -3.53. The van der Waals surface area contributed by atoms with Gasteiger partial charge >= 0.3 is 0 Å². The number of H-pyrrole nitrogens is 1. The van der Waals surface area contributed by atoms with E-state index in [2.05, 4.69) is 52.4 Å². The lowest BCUT2D eigenvalue weighted by Gasteiger charge is -2.23. The van der Waals surface area contributed by atoms with E-state index < -0.39 is 0 Å². The van der Waals surface area contributed by atoms with Crippen LogP contribution in [0.2, 0.25) is 5.15 Å². The van der Waals surface area contributed by atoms with Crippen LogP contribution in [0.5, 0.6) is 0 Å². The van der Waals surface area contributed by atoms with E-state index in [0.717, 1.165) is 37.3 Å². The van der Waals surface area contributed by atoms with Crippen molar-refractivity contribution in [2.24, 2.45) is 0 Å². The van der Waals surface area contributed by atoms with Crippen LogP contribution < -0.4 is 10.2 Å². The van der Waals surface area contributed by atoms with Gasteiger partial charge in [-0.3, -0.25) is 5.10 Å². The Morgan fingerprint density at radius 3 is 2.87 bits per heavy atom. The summed E-state index contributed by atoms with van der Waals surface area (Å²) in [6.45, 7) is 2.84. The van der Waals surface area contributed by atoms with Gasteiger partial charge in [0.05, 0.1) is 6.04 Å². The molecule has 1 unspecified atom stereocenters. The fourth-order valence-electron chi connectivity index (χ4n) is 3.62. The maximum atomic E-state index is 6.31. The number of hydrogen-bond donors (Lipinski definition) is 2. The van der Waals surface area contributed by atoms with E-state index in [-0.39, 0.29) is 6.04 Å². The monoisotopic (exact) mass is 437 g/mol. The van der Waals surface area contributed by atoms with Crippen molar-refractivity contribution in [1.29, 1.82) is 0 Å². The van der Waals surface area contributed by atoms with Crippen molar-refractivity contribution in [2.75, 3.05) is 16.8 Å². The second kappa shape index (κ2) is 8.31. The quantitative estimate of drug-likeness (QED) is 0.431. The van der Waals surface area contributed by atoms with Gasteiger partial charge < -0.3 is 14.7 Å². The Bertz CT molecular complexity index is 1180. The minimum Gasteiger partial charge on any atom is -0.358 e. The normalized spacial score (nSPS) is 16.1. The van der Waals surface area contributed by atoms with Crippen LogP contribution in [0.3, 0.4) is 0 Å². The van der Waals surface area contributed by atoms with E-state index in [1.165, 1.54) is 0 Å². The predicted octanol–water partition coefficient (Wildman–Crippen LogP) is 3.95. The van der Waals surface area contributed by atoms with Crippen molar-refractivity contribution in [1.82, 2.24) is 35.3 Å². The highest BCUT2D eigenvalue weighted by molar-refractivity contribution is 6.29. The van der Waals surface area contributed by atoms with Gasteiger partial charge in [-0.1, -0.05) is 23.7 Å². The lowest BCUT2D eigenvalue weighted by Crippen LogP contribution is -2.24. The highest BCUT2D eigenvalue weighted by Gasteiger charge is 2.32. The number of nitrogens with zero attached hydrogens (tertiary/aromatic N) is 7. The summed E-state index contributed by atoms with van der Waals surface area (Å²) in [4.78, 5) is 19.7. The third kappa shape index (κ3) is 4.06. The number of aromatic nitrogens is 7. The molecule has 10 nitrogen and oxygen atoms in total. The third-order valence-corrected chi connectivity index (χ3v) is 5.31. The van der Waals surface area contributed by atoms with Gasteiger partial charge in [-0.05, 0) is 25.3 Å². The molecule has 1 fully saturated rings. The first-order valence-electron chi connectivity index (χ1n) is 10.1. The molecule has 0 radical (unpaired) electrons. The minimum atomic E-state index is -0.0478. The van der Waals surface area contributed by atoms with Crippen molar-refractivity contribution in [2.45, 2.75) is 32.2 Å². The molecular weight excluding hydrogens is 418 g/mol. The summed E-state index contributed by atoms with van der Waals surface area (Å²) in [6, 6.07) is 7.20. The SMILES string of the molecule is CCc1cc(Nc2cc(Cl)nc(N3CCCC3c3cc(-c4ncccn4)no3)n2)n[nH]1. The number of anilines is 3.